The first-order valence-corrected chi connectivity index (χ1v) is 8.67. The summed E-state index contributed by atoms with van der Waals surface area (Å²) in [5.41, 5.74) is 11.6. The predicted molar refractivity (Wildman–Crippen MR) is 78.0 cm³/mol. The highest BCUT2D eigenvalue weighted by molar-refractivity contribution is 7.91. The maximum atomic E-state index is 12.0. The molecule has 1 unspecified atom stereocenters. The van der Waals surface area contributed by atoms with E-state index in [1.54, 1.807) is 0 Å². The van der Waals surface area contributed by atoms with Crippen LogP contribution in [0.1, 0.15) is 16.1 Å². The van der Waals surface area contributed by atoms with Gasteiger partial charge in [0.25, 0.3) is 0 Å². The predicted octanol–water partition coefficient (Wildman–Crippen LogP) is 0.0578. The molecule has 1 fully saturated rings. The lowest BCUT2D eigenvalue weighted by atomic mass is 10.3. The fourth-order valence-corrected chi connectivity index (χ4v) is 4.86. The molecular formula is C11H17N3O4S2. The maximum Gasteiger partial charge on any atom is 0.350 e. The number of anilines is 2. The van der Waals surface area contributed by atoms with E-state index in [0.717, 1.165) is 24.0 Å². The second-order valence-corrected chi connectivity index (χ2v) is 7.69. The SMILES string of the molecule is COC(=O)c1sc(N2CCC(N)C2)c(S(C)(=O)=O)c1N. The van der Waals surface area contributed by atoms with Gasteiger partial charge in [-0.2, -0.15) is 0 Å². The Morgan fingerprint density at radius 1 is 1.50 bits per heavy atom. The Morgan fingerprint density at radius 2 is 2.15 bits per heavy atom. The van der Waals surface area contributed by atoms with E-state index < -0.39 is 15.8 Å². The fraction of sp³-hybridized carbons (Fsp3) is 0.545. The zero-order chi connectivity index (χ0) is 15.1. The molecular weight excluding hydrogens is 302 g/mol. The highest BCUT2D eigenvalue weighted by Gasteiger charge is 2.32. The van der Waals surface area contributed by atoms with Crippen LogP contribution >= 0.6 is 11.3 Å². The van der Waals surface area contributed by atoms with Gasteiger partial charge in [0.2, 0.25) is 0 Å². The van der Waals surface area contributed by atoms with E-state index in [0.29, 0.717) is 18.1 Å². The monoisotopic (exact) mass is 319 g/mol. The van der Waals surface area contributed by atoms with Gasteiger partial charge in [-0.05, 0) is 6.42 Å². The summed E-state index contributed by atoms with van der Waals surface area (Å²) in [4.78, 5) is 13.6. The molecule has 9 heteroatoms. The highest BCUT2D eigenvalue weighted by Crippen LogP contribution is 2.42. The number of hydrogen-bond acceptors (Lipinski definition) is 8. The van der Waals surface area contributed by atoms with Gasteiger partial charge in [-0.1, -0.05) is 0 Å². The minimum absolute atomic E-state index is 0.00278. The number of carbonyl (C=O) groups is 1. The molecule has 4 N–H and O–H groups in total. The quantitative estimate of drug-likeness (QED) is 0.757. The molecule has 0 aliphatic carbocycles. The third kappa shape index (κ3) is 2.60. The Labute approximate surface area is 121 Å². The van der Waals surface area contributed by atoms with Gasteiger partial charge in [-0.25, -0.2) is 13.2 Å². The van der Waals surface area contributed by atoms with Gasteiger partial charge in [0.1, 0.15) is 14.8 Å². The summed E-state index contributed by atoms with van der Waals surface area (Å²) in [5, 5.41) is 0.471. The second kappa shape index (κ2) is 5.23. The first-order chi connectivity index (χ1) is 9.25. The van der Waals surface area contributed by atoms with Crippen LogP contribution in [0.15, 0.2) is 4.90 Å². The van der Waals surface area contributed by atoms with Crippen molar-refractivity contribution in [3.8, 4) is 0 Å². The number of ether oxygens (including phenoxy) is 1. The molecule has 7 nitrogen and oxygen atoms in total. The van der Waals surface area contributed by atoms with Gasteiger partial charge in [-0.3, -0.25) is 0 Å². The van der Waals surface area contributed by atoms with Crippen LogP contribution in [0.5, 0.6) is 0 Å². The summed E-state index contributed by atoms with van der Waals surface area (Å²) in [6.07, 6.45) is 1.85. The van der Waals surface area contributed by atoms with E-state index in [-0.39, 0.29) is 21.5 Å². The number of thiophene rings is 1. The minimum atomic E-state index is -3.54. The topological polar surface area (TPSA) is 116 Å². The number of esters is 1. The van der Waals surface area contributed by atoms with E-state index in [1.807, 2.05) is 4.90 Å². The van der Waals surface area contributed by atoms with Gasteiger partial charge in [0.15, 0.2) is 9.84 Å². The number of methoxy groups -OCH3 is 1. The van der Waals surface area contributed by atoms with Gasteiger partial charge < -0.3 is 21.1 Å². The van der Waals surface area contributed by atoms with Gasteiger partial charge in [0, 0.05) is 25.4 Å². The maximum absolute atomic E-state index is 12.0. The van der Waals surface area contributed by atoms with Crippen molar-refractivity contribution < 1.29 is 17.9 Å². The third-order valence-electron chi connectivity index (χ3n) is 3.14. The molecule has 0 radical (unpaired) electrons. The standard InChI is InChI=1S/C11H17N3O4S2/c1-18-11(15)8-7(13)9(20(2,16)17)10(19-8)14-4-3-6(12)5-14/h6H,3-5,12-13H2,1-2H3. The summed E-state index contributed by atoms with van der Waals surface area (Å²) in [7, 11) is -2.32. The third-order valence-corrected chi connectivity index (χ3v) is 5.67. The smallest absolute Gasteiger partial charge is 0.350 e. The summed E-state index contributed by atoms with van der Waals surface area (Å²) in [6, 6.07) is -0.00712. The normalized spacial score (nSPS) is 19.4. The zero-order valence-electron chi connectivity index (χ0n) is 11.3. The van der Waals surface area contributed by atoms with Crippen LogP contribution < -0.4 is 16.4 Å². The molecule has 20 heavy (non-hydrogen) atoms. The Morgan fingerprint density at radius 3 is 2.60 bits per heavy atom. The molecule has 0 bridgehead atoms. The van der Waals surface area contributed by atoms with Crippen molar-refractivity contribution in [1.82, 2.24) is 0 Å². The van der Waals surface area contributed by atoms with Crippen molar-refractivity contribution in [2.24, 2.45) is 5.73 Å². The van der Waals surface area contributed by atoms with Crippen LogP contribution in [0.2, 0.25) is 0 Å². The van der Waals surface area contributed by atoms with E-state index in [9.17, 15) is 13.2 Å². The number of nitrogens with zero attached hydrogens (tertiary/aromatic N) is 1. The summed E-state index contributed by atoms with van der Waals surface area (Å²) in [6.45, 7) is 1.19. The van der Waals surface area contributed by atoms with Crippen LogP contribution in [-0.4, -0.2) is 46.9 Å². The van der Waals surface area contributed by atoms with Crippen molar-refractivity contribution in [1.29, 1.82) is 0 Å². The molecule has 1 aliphatic rings. The molecule has 0 spiro atoms. The summed E-state index contributed by atoms with van der Waals surface area (Å²) in [5.74, 6) is -0.632. The lowest BCUT2D eigenvalue weighted by Crippen LogP contribution is -2.26. The zero-order valence-corrected chi connectivity index (χ0v) is 12.9. The number of carbonyl (C=O) groups excluding carboxylic acids is 1. The van der Waals surface area contributed by atoms with Gasteiger partial charge in [0.05, 0.1) is 12.8 Å². The molecule has 1 aliphatic heterocycles. The number of nitrogens with two attached hydrogens (primary N) is 2. The minimum Gasteiger partial charge on any atom is -0.465 e. The van der Waals surface area contributed by atoms with E-state index in [1.165, 1.54) is 7.11 Å². The molecule has 2 rings (SSSR count). The number of nitrogen functional groups attached to an aromatic ring is 1. The van der Waals surface area contributed by atoms with Crippen LogP contribution in [-0.2, 0) is 14.6 Å². The molecule has 1 aromatic rings. The first-order valence-electron chi connectivity index (χ1n) is 5.97. The van der Waals surface area contributed by atoms with E-state index in [4.69, 9.17) is 11.5 Å². The molecule has 0 amide bonds. The van der Waals surface area contributed by atoms with Crippen molar-refractivity contribution in [2.75, 3.05) is 37.1 Å². The van der Waals surface area contributed by atoms with Crippen LogP contribution in [0.3, 0.4) is 0 Å². The lowest BCUT2D eigenvalue weighted by Gasteiger charge is -2.17. The number of hydrogen-bond donors (Lipinski definition) is 2. The van der Waals surface area contributed by atoms with Crippen molar-refractivity contribution in [3.63, 3.8) is 0 Å². The Balaban J connectivity index is 2.58. The average Bonchev–Trinajstić information content (AvgIpc) is 2.91. The van der Waals surface area contributed by atoms with Crippen molar-refractivity contribution in [2.45, 2.75) is 17.4 Å². The van der Waals surface area contributed by atoms with Crippen molar-refractivity contribution >= 4 is 37.8 Å². The highest BCUT2D eigenvalue weighted by atomic mass is 32.2. The van der Waals surface area contributed by atoms with Crippen molar-refractivity contribution in [3.05, 3.63) is 4.88 Å². The Bertz CT molecular complexity index is 638. The van der Waals surface area contributed by atoms with Crippen LogP contribution in [0, 0.1) is 0 Å². The molecule has 112 valence electrons. The fourth-order valence-electron chi connectivity index (χ4n) is 2.20. The Hall–Kier alpha value is -1.32. The molecule has 0 saturated carbocycles. The molecule has 1 aromatic heterocycles. The number of sulfone groups is 1. The number of rotatable bonds is 3. The molecule has 2 heterocycles. The lowest BCUT2D eigenvalue weighted by molar-refractivity contribution is 0.0607. The molecule has 1 saturated heterocycles. The largest absolute Gasteiger partial charge is 0.465 e. The van der Waals surface area contributed by atoms with Crippen LogP contribution in [0.25, 0.3) is 0 Å². The second-order valence-electron chi connectivity index (χ2n) is 4.74. The Kier molecular flexibility index (Phi) is 3.94. The summed E-state index contributed by atoms with van der Waals surface area (Å²) < 4.78 is 28.5. The molecule has 0 aromatic carbocycles. The first kappa shape index (κ1) is 15.1. The van der Waals surface area contributed by atoms with Gasteiger partial charge >= 0.3 is 5.97 Å². The van der Waals surface area contributed by atoms with E-state index in [2.05, 4.69) is 4.74 Å². The average molecular weight is 319 g/mol. The van der Waals surface area contributed by atoms with Gasteiger partial charge in [-0.15, -0.1) is 11.3 Å². The summed E-state index contributed by atoms with van der Waals surface area (Å²) >= 11 is 1.04. The van der Waals surface area contributed by atoms with Crippen LogP contribution in [0.4, 0.5) is 10.7 Å². The molecule has 1 atom stereocenters. The van der Waals surface area contributed by atoms with E-state index >= 15 is 0 Å².